The molecule has 12 nitrogen and oxygen atoms in total. The highest BCUT2D eigenvalue weighted by atomic mass is 32.2. The Morgan fingerprint density at radius 3 is 2.51 bits per heavy atom. The van der Waals surface area contributed by atoms with Gasteiger partial charge in [0.25, 0.3) is 10.1 Å². The van der Waals surface area contributed by atoms with Crippen LogP contribution in [0.2, 0.25) is 0 Å². The first kappa shape index (κ1) is 31.5. The number of aliphatic imine (C=N–C) groups is 1. The van der Waals surface area contributed by atoms with Crippen LogP contribution in [0.5, 0.6) is 5.75 Å². The van der Waals surface area contributed by atoms with E-state index < -0.39 is 30.6 Å². The van der Waals surface area contributed by atoms with Crippen LogP contribution in [0.15, 0.2) is 68.7 Å². The van der Waals surface area contributed by atoms with Gasteiger partial charge < -0.3 is 15.1 Å². The number of nitrogens with zero attached hydrogens (tertiary/aromatic N) is 3. The number of hydrogen-bond donors (Lipinski definition) is 4. The maximum atomic E-state index is 13.2. The average Bonchev–Trinajstić information content (AvgIpc) is 3.42. The second kappa shape index (κ2) is 11.7. The molecule has 0 saturated heterocycles. The molecular formula is C31H40N6O6S2. The van der Waals surface area contributed by atoms with E-state index in [1.54, 1.807) is 5.01 Å². The number of anilines is 1. The van der Waals surface area contributed by atoms with Crippen LogP contribution in [-0.2, 0) is 20.1 Å². The Labute approximate surface area is 265 Å². The van der Waals surface area contributed by atoms with Crippen molar-refractivity contribution in [3.05, 3.63) is 65.0 Å². The van der Waals surface area contributed by atoms with E-state index in [-0.39, 0.29) is 22.9 Å². The molecule has 2 saturated carbocycles. The first-order valence-electron chi connectivity index (χ1n) is 15.3. The summed E-state index contributed by atoms with van der Waals surface area (Å²) in [6.45, 7) is 8.60. The van der Waals surface area contributed by atoms with E-state index in [1.807, 2.05) is 38.4 Å². The van der Waals surface area contributed by atoms with Crippen molar-refractivity contribution >= 4 is 37.1 Å². The van der Waals surface area contributed by atoms with Crippen molar-refractivity contribution < 1.29 is 26.1 Å². The van der Waals surface area contributed by atoms with E-state index in [4.69, 9.17) is 4.74 Å². The molecule has 242 valence electrons. The SMILES string of the molecule is CCN=C1CC23Oc4cc(N(CC)CC)ccc4C(c4ccc(S(=O)(=O)NCCCC5=CN(C)NN5)cc4S(=O)(=O)O)=C2C[C@@H]13. The van der Waals surface area contributed by atoms with Crippen LogP contribution in [-0.4, -0.2) is 70.9 Å². The summed E-state index contributed by atoms with van der Waals surface area (Å²) < 4.78 is 72.0. The molecule has 6 rings (SSSR count). The molecule has 1 spiro atoms. The van der Waals surface area contributed by atoms with Gasteiger partial charge in [-0.25, -0.2) is 13.1 Å². The molecule has 4 aliphatic rings. The van der Waals surface area contributed by atoms with Crippen molar-refractivity contribution in [2.45, 2.75) is 61.8 Å². The third-order valence-electron chi connectivity index (χ3n) is 9.11. The highest BCUT2D eigenvalue weighted by molar-refractivity contribution is 7.89. The number of nitrogens with one attached hydrogen (secondary N) is 3. The maximum Gasteiger partial charge on any atom is 0.295 e. The highest BCUT2D eigenvalue weighted by Gasteiger charge is 2.66. The third kappa shape index (κ3) is 5.52. The highest BCUT2D eigenvalue weighted by Crippen LogP contribution is 2.64. The van der Waals surface area contributed by atoms with Gasteiger partial charge in [0.2, 0.25) is 10.0 Å². The van der Waals surface area contributed by atoms with Crippen LogP contribution in [0.1, 0.15) is 57.6 Å². The summed E-state index contributed by atoms with van der Waals surface area (Å²) in [5.41, 5.74) is 10.8. The molecule has 0 amide bonds. The number of allylic oxidation sites excluding steroid dienone is 1. The first-order chi connectivity index (χ1) is 21.4. The van der Waals surface area contributed by atoms with Gasteiger partial charge in [-0.1, -0.05) is 6.07 Å². The lowest BCUT2D eigenvalue weighted by Crippen LogP contribution is -2.68. The summed E-state index contributed by atoms with van der Waals surface area (Å²) in [5.74, 6) is 0.725. The lowest BCUT2D eigenvalue weighted by atomic mass is 9.49. The fraction of sp³-hybridized carbons (Fsp3) is 0.452. The zero-order chi connectivity index (χ0) is 32.1. The van der Waals surface area contributed by atoms with Crippen molar-refractivity contribution in [3.63, 3.8) is 0 Å². The molecular weight excluding hydrogens is 617 g/mol. The van der Waals surface area contributed by atoms with Gasteiger partial charge in [0.1, 0.15) is 16.2 Å². The largest absolute Gasteiger partial charge is 0.481 e. The lowest BCUT2D eigenvalue weighted by molar-refractivity contribution is -0.00888. The lowest BCUT2D eigenvalue weighted by Gasteiger charge is -2.62. The second-order valence-electron chi connectivity index (χ2n) is 11.7. The number of hydrogen-bond acceptors (Lipinski definition) is 10. The molecule has 0 radical (unpaired) electrons. The van der Waals surface area contributed by atoms with E-state index >= 15 is 0 Å². The predicted molar refractivity (Wildman–Crippen MR) is 173 cm³/mol. The van der Waals surface area contributed by atoms with Crippen LogP contribution in [0.4, 0.5) is 5.69 Å². The van der Waals surface area contributed by atoms with E-state index in [0.717, 1.165) is 41.8 Å². The Morgan fingerprint density at radius 2 is 1.87 bits per heavy atom. The van der Waals surface area contributed by atoms with E-state index in [1.165, 1.54) is 12.1 Å². The maximum absolute atomic E-state index is 13.2. The minimum absolute atomic E-state index is 0.0946. The number of sulfonamides is 1. The molecule has 0 bridgehead atoms. The summed E-state index contributed by atoms with van der Waals surface area (Å²) in [5, 5.41) is 1.75. The van der Waals surface area contributed by atoms with Crippen molar-refractivity contribution in [2.75, 3.05) is 38.1 Å². The molecule has 4 N–H and O–H groups in total. The van der Waals surface area contributed by atoms with Gasteiger partial charge in [-0.3, -0.25) is 14.6 Å². The van der Waals surface area contributed by atoms with Gasteiger partial charge in [-0.15, -0.1) is 5.53 Å². The van der Waals surface area contributed by atoms with Gasteiger partial charge in [-0.05, 0) is 75.4 Å². The molecule has 2 aliphatic heterocycles. The molecule has 2 heterocycles. The van der Waals surface area contributed by atoms with Crippen LogP contribution in [0.3, 0.4) is 0 Å². The van der Waals surface area contributed by atoms with Gasteiger partial charge in [0, 0.05) is 86.1 Å². The van der Waals surface area contributed by atoms with Crippen LogP contribution in [0, 0.1) is 5.92 Å². The molecule has 1 unspecified atom stereocenters. The minimum Gasteiger partial charge on any atom is -0.481 e. The zero-order valence-corrected chi connectivity index (χ0v) is 27.6. The monoisotopic (exact) mass is 656 g/mol. The molecule has 0 aromatic heterocycles. The fourth-order valence-electron chi connectivity index (χ4n) is 6.85. The molecule has 2 aromatic carbocycles. The Bertz CT molecular complexity index is 1830. The summed E-state index contributed by atoms with van der Waals surface area (Å²) in [6.07, 6.45) is 4.25. The van der Waals surface area contributed by atoms with Crippen LogP contribution >= 0.6 is 0 Å². The first-order valence-corrected chi connectivity index (χ1v) is 18.3. The Balaban J connectivity index is 1.38. The molecule has 2 aliphatic carbocycles. The quantitative estimate of drug-likeness (QED) is 0.197. The fourth-order valence-corrected chi connectivity index (χ4v) is 8.75. The van der Waals surface area contributed by atoms with Crippen LogP contribution in [0.25, 0.3) is 5.57 Å². The third-order valence-corrected chi connectivity index (χ3v) is 11.5. The summed E-state index contributed by atoms with van der Waals surface area (Å²) in [7, 11) is -7.04. The number of hydrazine groups is 2. The molecule has 45 heavy (non-hydrogen) atoms. The zero-order valence-electron chi connectivity index (χ0n) is 25.9. The van der Waals surface area contributed by atoms with E-state index in [2.05, 4.69) is 39.4 Å². The Morgan fingerprint density at radius 1 is 1.11 bits per heavy atom. The number of benzene rings is 2. The Hall–Kier alpha value is -3.43. The van der Waals surface area contributed by atoms with E-state index in [0.29, 0.717) is 49.1 Å². The van der Waals surface area contributed by atoms with Gasteiger partial charge in [0.15, 0.2) is 0 Å². The Kier molecular flexibility index (Phi) is 8.23. The van der Waals surface area contributed by atoms with E-state index in [9.17, 15) is 21.4 Å². The van der Waals surface area contributed by atoms with Crippen molar-refractivity contribution in [1.82, 2.24) is 20.7 Å². The molecule has 2 fully saturated rings. The number of fused-ring (bicyclic) bond motifs is 1. The topological polar surface area (TPSA) is 153 Å². The summed E-state index contributed by atoms with van der Waals surface area (Å²) in [6, 6.07) is 9.82. The summed E-state index contributed by atoms with van der Waals surface area (Å²) in [4.78, 5) is 6.17. The summed E-state index contributed by atoms with van der Waals surface area (Å²) >= 11 is 0. The van der Waals surface area contributed by atoms with Gasteiger partial charge in [0.05, 0.1) is 4.90 Å². The minimum atomic E-state index is -4.82. The standard InChI is InChI=1S/C31H40N6O6S2/c1-5-32-27-18-31-25(27)17-26(31)30(23-12-10-21(15-28(23)43-31)37(6-2)7-3)24-13-11-22(16-29(24)45(40,41)42)44(38,39)33-14-8-9-20-19-36(4)35-34-20/h10-13,15-16,19,25,33-35H,5-9,14,17-18H2,1-4H3,(H,40,41,42)/t25-,31?/m0/s1. The molecule has 2 atom stereocenters. The molecule has 14 heteroatoms. The second-order valence-corrected chi connectivity index (χ2v) is 14.9. The van der Waals surface area contributed by atoms with Gasteiger partial charge >= 0.3 is 0 Å². The number of rotatable bonds is 12. The smallest absolute Gasteiger partial charge is 0.295 e. The van der Waals surface area contributed by atoms with Crippen molar-refractivity contribution in [3.8, 4) is 5.75 Å². The predicted octanol–water partition coefficient (Wildman–Crippen LogP) is 3.45. The van der Waals surface area contributed by atoms with Crippen molar-refractivity contribution in [2.24, 2.45) is 10.9 Å². The number of ether oxygens (including phenoxy) is 1. The van der Waals surface area contributed by atoms with Gasteiger partial charge in [-0.2, -0.15) is 8.42 Å². The normalized spacial score (nSPS) is 22.9. The molecule has 2 aromatic rings. The average molecular weight is 657 g/mol. The van der Waals surface area contributed by atoms with Crippen LogP contribution < -0.4 is 25.3 Å². The van der Waals surface area contributed by atoms with Crippen molar-refractivity contribution in [1.29, 1.82) is 0 Å².